The van der Waals surface area contributed by atoms with Gasteiger partial charge in [0.05, 0.1) is 17.8 Å². The maximum Gasteiger partial charge on any atom is 0.257 e. The van der Waals surface area contributed by atoms with Crippen molar-refractivity contribution in [3.05, 3.63) is 42.2 Å². The van der Waals surface area contributed by atoms with Crippen molar-refractivity contribution in [2.24, 2.45) is 0 Å². The molecule has 0 saturated carbocycles. The van der Waals surface area contributed by atoms with Gasteiger partial charge < -0.3 is 15.2 Å². The molecule has 0 fully saturated rings. The van der Waals surface area contributed by atoms with Gasteiger partial charge in [-0.15, -0.1) is 0 Å². The molecule has 0 aliphatic heterocycles. The summed E-state index contributed by atoms with van der Waals surface area (Å²) in [4.78, 5) is 25.2. The summed E-state index contributed by atoms with van der Waals surface area (Å²) < 4.78 is 0. The first-order chi connectivity index (χ1) is 9.72. The largest absolute Gasteiger partial charge is 0.384 e. The lowest BCUT2D eigenvalue weighted by Crippen LogP contribution is -2.27. The molecule has 2 heterocycles. The average Bonchev–Trinajstić information content (AvgIpc) is 2.97. The van der Waals surface area contributed by atoms with Crippen molar-refractivity contribution in [1.82, 2.24) is 19.9 Å². The highest BCUT2D eigenvalue weighted by atomic mass is 16.2. The van der Waals surface area contributed by atoms with E-state index in [9.17, 15) is 4.79 Å². The third kappa shape index (κ3) is 3.34. The van der Waals surface area contributed by atoms with Crippen LogP contribution in [0.15, 0.2) is 30.9 Å². The fraction of sp³-hybridized carbons (Fsp3) is 0.357. The van der Waals surface area contributed by atoms with Crippen molar-refractivity contribution in [2.75, 3.05) is 18.9 Å². The molecular weight excluding hydrogens is 254 g/mol. The van der Waals surface area contributed by atoms with E-state index in [0.717, 1.165) is 24.5 Å². The highest BCUT2D eigenvalue weighted by Crippen LogP contribution is 2.16. The molecule has 0 spiro atoms. The lowest BCUT2D eigenvalue weighted by molar-refractivity contribution is 0.0782. The number of anilines is 1. The van der Waals surface area contributed by atoms with Crippen molar-refractivity contribution >= 4 is 11.6 Å². The zero-order chi connectivity index (χ0) is 14.4. The molecule has 2 aromatic rings. The van der Waals surface area contributed by atoms with E-state index in [-0.39, 0.29) is 5.91 Å². The van der Waals surface area contributed by atoms with Gasteiger partial charge in [-0.05, 0) is 12.5 Å². The monoisotopic (exact) mass is 273 g/mol. The van der Waals surface area contributed by atoms with E-state index in [2.05, 4.69) is 27.2 Å². The number of aromatic nitrogens is 3. The van der Waals surface area contributed by atoms with Crippen LogP contribution in [-0.4, -0.2) is 39.4 Å². The first kappa shape index (κ1) is 14.0. The van der Waals surface area contributed by atoms with Gasteiger partial charge in [0.2, 0.25) is 0 Å². The first-order valence-electron chi connectivity index (χ1n) is 6.64. The SMILES string of the molecule is CCCNc1ccncc1C(=O)N(C)Cc1ncc[nH]1. The van der Waals surface area contributed by atoms with Crippen molar-refractivity contribution in [2.45, 2.75) is 19.9 Å². The van der Waals surface area contributed by atoms with E-state index >= 15 is 0 Å². The summed E-state index contributed by atoms with van der Waals surface area (Å²) in [6.45, 7) is 3.35. The van der Waals surface area contributed by atoms with Gasteiger partial charge in [0.15, 0.2) is 0 Å². The van der Waals surface area contributed by atoms with E-state index in [1.165, 1.54) is 0 Å². The third-order valence-corrected chi connectivity index (χ3v) is 2.91. The molecule has 1 amide bonds. The van der Waals surface area contributed by atoms with Crippen LogP contribution in [0.2, 0.25) is 0 Å². The Morgan fingerprint density at radius 2 is 2.30 bits per heavy atom. The molecule has 2 aromatic heterocycles. The summed E-state index contributed by atoms with van der Waals surface area (Å²) >= 11 is 0. The second-order valence-corrected chi connectivity index (χ2v) is 4.55. The second-order valence-electron chi connectivity index (χ2n) is 4.55. The van der Waals surface area contributed by atoms with Crippen LogP contribution < -0.4 is 5.32 Å². The number of pyridine rings is 1. The quantitative estimate of drug-likeness (QED) is 0.843. The molecule has 6 nitrogen and oxygen atoms in total. The molecule has 0 aliphatic rings. The number of hydrogen-bond acceptors (Lipinski definition) is 4. The predicted molar refractivity (Wildman–Crippen MR) is 77.4 cm³/mol. The van der Waals surface area contributed by atoms with Crippen molar-refractivity contribution in [1.29, 1.82) is 0 Å². The molecule has 106 valence electrons. The third-order valence-electron chi connectivity index (χ3n) is 2.91. The fourth-order valence-electron chi connectivity index (χ4n) is 1.87. The van der Waals surface area contributed by atoms with Gasteiger partial charge in [0.1, 0.15) is 5.82 Å². The second kappa shape index (κ2) is 6.70. The number of carbonyl (C=O) groups is 1. The van der Waals surface area contributed by atoms with Crippen molar-refractivity contribution < 1.29 is 4.79 Å². The topological polar surface area (TPSA) is 73.9 Å². The smallest absolute Gasteiger partial charge is 0.257 e. The van der Waals surface area contributed by atoms with E-state index in [1.807, 2.05) is 6.07 Å². The van der Waals surface area contributed by atoms with E-state index in [0.29, 0.717) is 12.1 Å². The predicted octanol–water partition coefficient (Wildman–Crippen LogP) is 1.90. The van der Waals surface area contributed by atoms with E-state index in [4.69, 9.17) is 0 Å². The van der Waals surface area contributed by atoms with Crippen molar-refractivity contribution in [3.63, 3.8) is 0 Å². The van der Waals surface area contributed by atoms with Crippen LogP contribution in [0.5, 0.6) is 0 Å². The summed E-state index contributed by atoms with van der Waals surface area (Å²) in [5.74, 6) is 0.681. The minimum Gasteiger partial charge on any atom is -0.384 e. The van der Waals surface area contributed by atoms with E-state index < -0.39 is 0 Å². The number of nitrogens with zero attached hydrogens (tertiary/aromatic N) is 3. The Morgan fingerprint density at radius 3 is 3.00 bits per heavy atom. The summed E-state index contributed by atoms with van der Waals surface area (Å²) in [7, 11) is 1.75. The molecule has 0 aliphatic carbocycles. The Labute approximate surface area is 118 Å². The first-order valence-corrected chi connectivity index (χ1v) is 6.64. The van der Waals surface area contributed by atoms with Crippen LogP contribution >= 0.6 is 0 Å². The molecule has 0 unspecified atom stereocenters. The standard InChI is InChI=1S/C14H19N5O/c1-3-5-16-12-4-6-15-9-11(12)14(20)19(2)10-13-17-7-8-18-13/h4,6-9H,3,5,10H2,1-2H3,(H,15,16)(H,17,18). The summed E-state index contributed by atoms with van der Waals surface area (Å²) in [6.07, 6.45) is 7.69. The van der Waals surface area contributed by atoms with Crippen molar-refractivity contribution in [3.8, 4) is 0 Å². The Morgan fingerprint density at radius 1 is 1.45 bits per heavy atom. The number of rotatable bonds is 6. The molecule has 0 atom stereocenters. The van der Waals surface area contributed by atoms with Crippen LogP contribution in [0, 0.1) is 0 Å². The zero-order valence-electron chi connectivity index (χ0n) is 11.8. The van der Waals surface area contributed by atoms with Gasteiger partial charge in [-0.25, -0.2) is 4.98 Å². The highest BCUT2D eigenvalue weighted by Gasteiger charge is 2.16. The molecule has 0 radical (unpaired) electrons. The molecule has 0 saturated heterocycles. The van der Waals surface area contributed by atoms with Crippen LogP contribution in [0.1, 0.15) is 29.5 Å². The van der Waals surface area contributed by atoms with Crippen LogP contribution in [0.3, 0.4) is 0 Å². The lowest BCUT2D eigenvalue weighted by Gasteiger charge is -2.18. The Bertz CT molecular complexity index is 552. The van der Waals surface area contributed by atoms with Crippen LogP contribution in [0.4, 0.5) is 5.69 Å². The zero-order valence-corrected chi connectivity index (χ0v) is 11.8. The number of carbonyl (C=O) groups excluding carboxylic acids is 1. The van der Waals surface area contributed by atoms with Gasteiger partial charge in [-0.1, -0.05) is 6.92 Å². The number of hydrogen-bond donors (Lipinski definition) is 2. The molecule has 2 N–H and O–H groups in total. The van der Waals surface area contributed by atoms with Crippen LogP contribution in [0.25, 0.3) is 0 Å². The van der Waals surface area contributed by atoms with Gasteiger partial charge in [0.25, 0.3) is 5.91 Å². The minimum absolute atomic E-state index is 0.0758. The number of aromatic amines is 1. The Balaban J connectivity index is 2.11. The summed E-state index contributed by atoms with van der Waals surface area (Å²) in [6, 6.07) is 1.82. The number of amides is 1. The molecular formula is C14H19N5O. The molecule has 2 rings (SSSR count). The molecule has 0 bridgehead atoms. The maximum atomic E-state index is 12.5. The summed E-state index contributed by atoms with van der Waals surface area (Å²) in [5.41, 5.74) is 1.40. The van der Waals surface area contributed by atoms with Crippen LogP contribution in [-0.2, 0) is 6.54 Å². The number of imidazole rings is 1. The average molecular weight is 273 g/mol. The molecule has 6 heteroatoms. The van der Waals surface area contributed by atoms with Gasteiger partial charge >= 0.3 is 0 Å². The maximum absolute atomic E-state index is 12.5. The Kier molecular flexibility index (Phi) is 4.70. The lowest BCUT2D eigenvalue weighted by atomic mass is 10.2. The van der Waals surface area contributed by atoms with E-state index in [1.54, 1.807) is 36.7 Å². The highest BCUT2D eigenvalue weighted by molar-refractivity contribution is 5.99. The normalized spacial score (nSPS) is 10.3. The van der Waals surface area contributed by atoms with Gasteiger partial charge in [0, 0.05) is 38.4 Å². The number of nitrogens with one attached hydrogen (secondary N) is 2. The number of H-pyrrole nitrogens is 1. The minimum atomic E-state index is -0.0758. The summed E-state index contributed by atoms with van der Waals surface area (Å²) in [5, 5.41) is 3.25. The Hall–Kier alpha value is -2.37. The molecule has 0 aromatic carbocycles. The van der Waals surface area contributed by atoms with Gasteiger partial charge in [-0.2, -0.15) is 0 Å². The fourth-order valence-corrected chi connectivity index (χ4v) is 1.87. The van der Waals surface area contributed by atoms with Gasteiger partial charge in [-0.3, -0.25) is 9.78 Å². The molecule has 20 heavy (non-hydrogen) atoms.